The van der Waals surface area contributed by atoms with Gasteiger partial charge in [-0.2, -0.15) is 0 Å². The van der Waals surface area contributed by atoms with Crippen molar-refractivity contribution >= 4 is 33.6 Å². The van der Waals surface area contributed by atoms with Gasteiger partial charge in [-0.1, -0.05) is 35.0 Å². The van der Waals surface area contributed by atoms with Crippen molar-refractivity contribution < 1.29 is 4.79 Å². The number of hydrogen-bond donors (Lipinski definition) is 1. The van der Waals surface area contributed by atoms with E-state index in [1.54, 1.807) is 11.8 Å². The largest absolute Gasteiger partial charge is 0.355 e. The third kappa shape index (κ3) is 5.59. The molecule has 2 nitrogen and oxygen atoms in total. The molecule has 0 aliphatic carbocycles. The lowest BCUT2D eigenvalue weighted by atomic mass is 10.2. The fourth-order valence-corrected chi connectivity index (χ4v) is 2.62. The van der Waals surface area contributed by atoms with Crippen molar-refractivity contribution in [1.82, 2.24) is 5.32 Å². The second-order valence-corrected chi connectivity index (χ2v) is 6.12. The molecule has 0 aromatic heterocycles. The van der Waals surface area contributed by atoms with Gasteiger partial charge in [0.15, 0.2) is 0 Å². The predicted octanol–water partition coefficient (Wildman–Crippen LogP) is 3.60. The van der Waals surface area contributed by atoms with Crippen LogP contribution >= 0.6 is 27.7 Å². The topological polar surface area (TPSA) is 29.1 Å². The monoisotopic (exact) mass is 315 g/mol. The van der Waals surface area contributed by atoms with Gasteiger partial charge in [0.25, 0.3) is 0 Å². The molecule has 1 rings (SSSR count). The number of amides is 1. The van der Waals surface area contributed by atoms with Crippen LogP contribution in [0.3, 0.4) is 0 Å². The number of rotatable bonds is 6. The average Bonchev–Trinajstić information content (AvgIpc) is 2.33. The lowest BCUT2D eigenvalue weighted by Crippen LogP contribution is -2.31. The maximum atomic E-state index is 11.6. The van der Waals surface area contributed by atoms with E-state index < -0.39 is 0 Å². The van der Waals surface area contributed by atoms with Crippen molar-refractivity contribution in [3.8, 4) is 0 Å². The summed E-state index contributed by atoms with van der Waals surface area (Å²) in [6.07, 6.45) is 0.981. The van der Waals surface area contributed by atoms with Crippen LogP contribution in [0.1, 0.15) is 25.8 Å². The molecule has 1 atom stereocenters. The van der Waals surface area contributed by atoms with Gasteiger partial charge in [0, 0.05) is 16.8 Å². The van der Waals surface area contributed by atoms with Crippen LogP contribution in [0.4, 0.5) is 0 Å². The van der Waals surface area contributed by atoms with Crippen molar-refractivity contribution in [2.45, 2.75) is 31.3 Å². The van der Waals surface area contributed by atoms with Crippen molar-refractivity contribution in [2.75, 3.05) is 6.54 Å². The molecular formula is C13H18BrNOS. The molecule has 17 heavy (non-hydrogen) atoms. The summed E-state index contributed by atoms with van der Waals surface area (Å²) < 4.78 is 1.08. The van der Waals surface area contributed by atoms with Crippen molar-refractivity contribution in [1.29, 1.82) is 0 Å². The van der Waals surface area contributed by atoms with Crippen LogP contribution in [0, 0.1) is 0 Å². The quantitative estimate of drug-likeness (QED) is 0.869. The Morgan fingerprint density at radius 2 is 2.29 bits per heavy atom. The molecule has 0 aliphatic heterocycles. The molecule has 0 bridgehead atoms. The third-order valence-corrected chi connectivity index (χ3v) is 4.01. The molecular weight excluding hydrogens is 298 g/mol. The summed E-state index contributed by atoms with van der Waals surface area (Å²) >= 11 is 5.11. The number of benzene rings is 1. The molecule has 94 valence electrons. The van der Waals surface area contributed by atoms with Crippen LogP contribution in [0.25, 0.3) is 0 Å². The van der Waals surface area contributed by atoms with Crippen LogP contribution in [0.15, 0.2) is 28.7 Å². The van der Waals surface area contributed by atoms with Crippen molar-refractivity contribution in [2.24, 2.45) is 0 Å². The van der Waals surface area contributed by atoms with Gasteiger partial charge in [-0.05, 0) is 31.0 Å². The zero-order valence-electron chi connectivity index (χ0n) is 10.2. The van der Waals surface area contributed by atoms with Crippen molar-refractivity contribution in [3.63, 3.8) is 0 Å². The van der Waals surface area contributed by atoms with E-state index in [1.165, 1.54) is 5.56 Å². The van der Waals surface area contributed by atoms with E-state index >= 15 is 0 Å². The number of carbonyl (C=O) groups is 1. The van der Waals surface area contributed by atoms with Crippen LogP contribution in [0.5, 0.6) is 0 Å². The first-order valence-electron chi connectivity index (χ1n) is 5.77. The maximum Gasteiger partial charge on any atom is 0.232 e. The van der Waals surface area contributed by atoms with Crippen LogP contribution in [-0.2, 0) is 10.5 Å². The lowest BCUT2D eigenvalue weighted by Gasteiger charge is -2.11. The second-order valence-electron chi connectivity index (χ2n) is 3.87. The molecule has 0 unspecified atom stereocenters. The van der Waals surface area contributed by atoms with E-state index in [1.807, 2.05) is 19.1 Å². The first kappa shape index (κ1) is 14.6. The molecule has 0 heterocycles. The minimum absolute atomic E-state index is 0.000492. The van der Waals surface area contributed by atoms with Gasteiger partial charge in [0.05, 0.1) is 5.25 Å². The van der Waals surface area contributed by atoms with Gasteiger partial charge in [-0.3, -0.25) is 4.79 Å². The third-order valence-electron chi connectivity index (χ3n) is 2.31. The Morgan fingerprint density at radius 3 is 2.94 bits per heavy atom. The molecule has 1 amide bonds. The van der Waals surface area contributed by atoms with Gasteiger partial charge >= 0.3 is 0 Å². The first-order valence-corrected chi connectivity index (χ1v) is 7.61. The Labute approximate surface area is 116 Å². The summed E-state index contributed by atoms with van der Waals surface area (Å²) in [5.74, 6) is 0.993. The molecule has 0 aliphatic rings. The number of nitrogens with one attached hydrogen (secondary N) is 1. The standard InChI is InChI=1S/C13H18BrNOS/c1-3-7-15-13(16)10(2)17-9-11-5-4-6-12(14)8-11/h4-6,8,10H,3,7,9H2,1-2H3,(H,15,16)/t10-/m1/s1. The normalized spacial score (nSPS) is 12.2. The van der Waals surface area contributed by atoms with Gasteiger partial charge in [0.2, 0.25) is 5.91 Å². The van der Waals surface area contributed by atoms with Crippen molar-refractivity contribution in [3.05, 3.63) is 34.3 Å². The van der Waals surface area contributed by atoms with Crippen LogP contribution in [0.2, 0.25) is 0 Å². The zero-order chi connectivity index (χ0) is 12.7. The molecule has 1 N–H and O–H groups in total. The fraction of sp³-hybridized carbons (Fsp3) is 0.462. The van der Waals surface area contributed by atoms with Gasteiger partial charge in [0.1, 0.15) is 0 Å². The van der Waals surface area contributed by atoms with E-state index in [4.69, 9.17) is 0 Å². The fourth-order valence-electron chi connectivity index (χ4n) is 1.32. The van der Waals surface area contributed by atoms with E-state index in [0.717, 1.165) is 23.2 Å². The van der Waals surface area contributed by atoms with E-state index in [-0.39, 0.29) is 11.2 Å². The first-order chi connectivity index (χ1) is 8.13. The van der Waals surface area contributed by atoms with Crippen LogP contribution in [-0.4, -0.2) is 17.7 Å². The molecule has 0 radical (unpaired) electrons. The molecule has 0 spiro atoms. The molecule has 0 saturated heterocycles. The summed E-state index contributed by atoms with van der Waals surface area (Å²) in [6.45, 7) is 4.77. The second kappa shape index (κ2) is 7.77. The number of halogens is 1. The number of thioether (sulfide) groups is 1. The summed E-state index contributed by atoms with van der Waals surface area (Å²) in [4.78, 5) is 11.6. The summed E-state index contributed by atoms with van der Waals surface area (Å²) in [5.41, 5.74) is 1.24. The summed E-state index contributed by atoms with van der Waals surface area (Å²) in [5, 5.41) is 2.91. The van der Waals surface area contributed by atoms with E-state index in [2.05, 4.69) is 40.3 Å². The molecule has 4 heteroatoms. The zero-order valence-corrected chi connectivity index (χ0v) is 12.6. The summed E-state index contributed by atoms with van der Waals surface area (Å²) in [6, 6.07) is 8.19. The Hall–Kier alpha value is -0.480. The van der Waals surface area contributed by atoms with Gasteiger partial charge < -0.3 is 5.32 Å². The molecule has 0 saturated carbocycles. The highest BCUT2D eigenvalue weighted by Gasteiger charge is 2.12. The smallest absolute Gasteiger partial charge is 0.232 e. The van der Waals surface area contributed by atoms with E-state index in [0.29, 0.717) is 0 Å². The Kier molecular flexibility index (Phi) is 6.66. The number of hydrogen-bond acceptors (Lipinski definition) is 2. The lowest BCUT2D eigenvalue weighted by molar-refractivity contribution is -0.120. The minimum Gasteiger partial charge on any atom is -0.355 e. The highest BCUT2D eigenvalue weighted by molar-refractivity contribution is 9.10. The average molecular weight is 316 g/mol. The molecule has 0 fully saturated rings. The Bertz CT molecular complexity index is 370. The Morgan fingerprint density at radius 1 is 1.53 bits per heavy atom. The number of carbonyl (C=O) groups excluding carboxylic acids is 1. The SMILES string of the molecule is CCCNC(=O)[C@@H](C)SCc1cccc(Br)c1. The maximum absolute atomic E-state index is 11.6. The summed E-state index contributed by atoms with van der Waals surface area (Å²) in [7, 11) is 0. The molecule has 1 aromatic rings. The van der Waals surface area contributed by atoms with Gasteiger partial charge in [-0.15, -0.1) is 11.8 Å². The highest BCUT2D eigenvalue weighted by Crippen LogP contribution is 2.20. The van der Waals surface area contributed by atoms with E-state index in [9.17, 15) is 4.79 Å². The predicted molar refractivity (Wildman–Crippen MR) is 78.2 cm³/mol. The molecule has 1 aromatic carbocycles. The highest BCUT2D eigenvalue weighted by atomic mass is 79.9. The van der Waals surface area contributed by atoms with Gasteiger partial charge in [-0.25, -0.2) is 0 Å². The minimum atomic E-state index is 0.000492. The van der Waals surface area contributed by atoms with Crippen LogP contribution < -0.4 is 5.32 Å². The Balaban J connectivity index is 2.37.